The minimum Gasteiger partial charge on any atom is -0.395 e. The summed E-state index contributed by atoms with van der Waals surface area (Å²) in [6, 6.07) is -0.557. The predicted octanol–water partition coefficient (Wildman–Crippen LogP) is 10.1. The lowest BCUT2D eigenvalue weighted by Gasteiger charge is -2.11. The first kappa shape index (κ1) is 43.9. The number of aliphatic hydroxyl groups is 2. The van der Waals surface area contributed by atoms with Gasteiger partial charge < -0.3 is 15.9 Å². The van der Waals surface area contributed by atoms with Crippen LogP contribution < -0.4 is 5.73 Å². The summed E-state index contributed by atoms with van der Waals surface area (Å²) in [7, 11) is 0. The lowest BCUT2D eigenvalue weighted by molar-refractivity contribution is -0.114. The van der Waals surface area contributed by atoms with E-state index in [-0.39, 0.29) is 12.4 Å². The first-order chi connectivity index (χ1) is 21.0. The van der Waals surface area contributed by atoms with Gasteiger partial charge in [-0.25, -0.2) is 4.79 Å². The highest BCUT2D eigenvalue weighted by atomic mass is 16.3. The smallest absolute Gasteiger partial charge is 0.166 e. The molecule has 0 aromatic rings. The van der Waals surface area contributed by atoms with Crippen LogP contribution in [0.25, 0.3) is 0 Å². The minimum absolute atomic E-state index is 0.0790. The van der Waals surface area contributed by atoms with Crippen molar-refractivity contribution >= 4 is 11.7 Å². The van der Waals surface area contributed by atoms with E-state index >= 15 is 0 Å². The van der Waals surface area contributed by atoms with Crippen molar-refractivity contribution in [2.24, 2.45) is 5.73 Å². The Bertz CT molecular complexity index is 629. The Labute approximate surface area is 267 Å². The zero-order valence-electron chi connectivity index (χ0n) is 28.7. The number of unbranched alkanes of at least 4 members (excludes halogenated alkanes) is 25. The number of nitrogens with two attached hydrogens (primary N) is 1. The van der Waals surface area contributed by atoms with Crippen LogP contribution in [-0.2, 0) is 9.59 Å². The topological polar surface area (TPSA) is 101 Å². The van der Waals surface area contributed by atoms with Gasteiger partial charge in [0.1, 0.15) is 5.94 Å². The zero-order valence-corrected chi connectivity index (χ0v) is 28.7. The monoisotopic (exact) mass is 608 g/mol. The van der Waals surface area contributed by atoms with Crippen molar-refractivity contribution in [1.82, 2.24) is 0 Å². The van der Waals surface area contributed by atoms with E-state index in [4.69, 9.17) is 10.8 Å². The summed E-state index contributed by atoms with van der Waals surface area (Å²) < 4.78 is 0. The molecule has 0 fully saturated rings. The Kier molecular flexibility index (Phi) is 39.5. The van der Waals surface area contributed by atoms with Gasteiger partial charge in [-0.1, -0.05) is 180 Å². The molecule has 0 heterocycles. The molecule has 0 radical (unpaired) electrons. The van der Waals surface area contributed by atoms with Crippen LogP contribution in [0.1, 0.15) is 194 Å². The predicted molar refractivity (Wildman–Crippen MR) is 186 cm³/mol. The Morgan fingerprint density at radius 1 is 0.628 bits per heavy atom. The van der Waals surface area contributed by atoms with Crippen LogP contribution in [0.15, 0.2) is 18.2 Å². The molecule has 2 atom stereocenters. The van der Waals surface area contributed by atoms with E-state index in [1.165, 1.54) is 154 Å². The highest BCUT2D eigenvalue weighted by molar-refractivity contribution is 5.95. The maximum atomic E-state index is 11.1. The number of carbonyl (C=O) groups is 1. The summed E-state index contributed by atoms with van der Waals surface area (Å²) in [5.74, 6) is 1.47. The summed E-state index contributed by atoms with van der Waals surface area (Å²) in [5.41, 5.74) is 5.51. The van der Waals surface area contributed by atoms with E-state index in [2.05, 4.69) is 13.8 Å². The van der Waals surface area contributed by atoms with E-state index < -0.39 is 12.1 Å². The fraction of sp³-hybridized carbons (Fsp3) is 0.868. The lowest BCUT2D eigenvalue weighted by atomic mass is 10.0. The molecule has 0 aliphatic carbocycles. The molecule has 5 nitrogen and oxygen atoms in total. The summed E-state index contributed by atoms with van der Waals surface area (Å²) in [6.45, 7) is 4.35. The molecule has 0 saturated heterocycles. The summed E-state index contributed by atoms with van der Waals surface area (Å²) >= 11 is 0. The van der Waals surface area contributed by atoms with Crippen LogP contribution in [0.3, 0.4) is 0 Å². The van der Waals surface area contributed by atoms with Crippen LogP contribution in [0.2, 0.25) is 0 Å². The quantitative estimate of drug-likeness (QED) is 0.0306. The molecule has 4 N–H and O–H groups in total. The minimum atomic E-state index is -0.720. The number of aliphatic hydroxyl groups excluding tert-OH is 2. The van der Waals surface area contributed by atoms with Gasteiger partial charge in [0.05, 0.1) is 24.8 Å². The SMILES string of the molecule is CCCCCCCCCCCCC/C=C/C(O)C(N)CO.CCCCCCCCCCCCCCCCCC(=O)C=C=O. The second-order valence-electron chi connectivity index (χ2n) is 12.5. The van der Waals surface area contributed by atoms with Crippen molar-refractivity contribution in [1.29, 1.82) is 0 Å². The first-order valence-electron chi connectivity index (χ1n) is 18.5. The van der Waals surface area contributed by atoms with Crippen molar-refractivity contribution in [2.75, 3.05) is 6.61 Å². The molecular weight excluding hydrogens is 534 g/mol. The van der Waals surface area contributed by atoms with E-state index in [1.807, 2.05) is 6.08 Å². The van der Waals surface area contributed by atoms with E-state index in [1.54, 1.807) is 12.0 Å². The average Bonchev–Trinajstić information content (AvgIpc) is 3.01. The van der Waals surface area contributed by atoms with Gasteiger partial charge in [-0.3, -0.25) is 4.79 Å². The molecular formula is C38H73NO4. The van der Waals surface area contributed by atoms with Crippen molar-refractivity contribution < 1.29 is 19.8 Å². The van der Waals surface area contributed by atoms with Crippen LogP contribution in [0.5, 0.6) is 0 Å². The molecule has 0 saturated carbocycles. The largest absolute Gasteiger partial charge is 0.395 e. The number of rotatable bonds is 32. The highest BCUT2D eigenvalue weighted by Crippen LogP contribution is 2.14. The van der Waals surface area contributed by atoms with Gasteiger partial charge in [0.15, 0.2) is 5.78 Å². The zero-order chi connectivity index (χ0) is 32.1. The molecule has 0 aromatic carbocycles. The second kappa shape index (κ2) is 38.8. The van der Waals surface area contributed by atoms with Crippen molar-refractivity contribution in [3.63, 3.8) is 0 Å². The molecule has 0 amide bonds. The number of ketones is 1. The summed E-state index contributed by atoms with van der Waals surface area (Å²) in [5, 5.41) is 18.3. The average molecular weight is 608 g/mol. The molecule has 0 aliphatic rings. The summed E-state index contributed by atoms with van der Waals surface area (Å²) in [6.07, 6.45) is 40.2. The number of hydrogen-bond donors (Lipinski definition) is 3. The summed E-state index contributed by atoms with van der Waals surface area (Å²) in [4.78, 5) is 21.0. The molecule has 254 valence electrons. The third kappa shape index (κ3) is 38.7. The van der Waals surface area contributed by atoms with Crippen LogP contribution in [-0.4, -0.2) is 40.7 Å². The van der Waals surface area contributed by atoms with Gasteiger partial charge in [0.25, 0.3) is 0 Å². The maximum absolute atomic E-state index is 11.1. The molecule has 0 bridgehead atoms. The molecule has 43 heavy (non-hydrogen) atoms. The maximum Gasteiger partial charge on any atom is 0.166 e. The van der Waals surface area contributed by atoms with Crippen molar-refractivity contribution in [3.05, 3.63) is 18.2 Å². The fourth-order valence-corrected chi connectivity index (χ4v) is 5.22. The third-order valence-corrected chi connectivity index (χ3v) is 8.20. The molecule has 0 aliphatic heterocycles. The van der Waals surface area contributed by atoms with Crippen LogP contribution in [0.4, 0.5) is 0 Å². The first-order valence-corrected chi connectivity index (χ1v) is 18.5. The van der Waals surface area contributed by atoms with E-state index in [0.717, 1.165) is 25.3 Å². The Balaban J connectivity index is 0. The van der Waals surface area contributed by atoms with Gasteiger partial charge in [-0.15, -0.1) is 0 Å². The Morgan fingerprint density at radius 2 is 0.977 bits per heavy atom. The molecule has 2 unspecified atom stereocenters. The number of carbonyl (C=O) groups excluding carboxylic acids is 2. The molecule has 0 spiro atoms. The molecule has 0 rings (SSSR count). The van der Waals surface area contributed by atoms with Crippen LogP contribution >= 0.6 is 0 Å². The molecule has 0 aromatic heterocycles. The van der Waals surface area contributed by atoms with Crippen LogP contribution in [0, 0.1) is 0 Å². The standard InChI is InChI=1S/C20H36O2.C18H37NO2/c1-2-3-4-5-6-7-8-9-10-11-12-13-14-15-16-17-20(22)18-19-21;1-2-3-4-5-6-7-8-9-10-11-12-13-14-15-18(21)17(19)16-20/h18H,2-17H2,1H3;14-15,17-18,20-21H,2-13,16,19H2,1H3/b;15-14+. The van der Waals surface area contributed by atoms with E-state index in [9.17, 15) is 14.7 Å². The fourth-order valence-electron chi connectivity index (χ4n) is 5.22. The van der Waals surface area contributed by atoms with Gasteiger partial charge in [0, 0.05) is 6.42 Å². The van der Waals surface area contributed by atoms with Gasteiger partial charge in [-0.05, 0) is 19.3 Å². The lowest BCUT2D eigenvalue weighted by Crippen LogP contribution is -2.36. The van der Waals surface area contributed by atoms with Crippen molar-refractivity contribution in [2.45, 2.75) is 206 Å². The van der Waals surface area contributed by atoms with Gasteiger partial charge in [0.2, 0.25) is 0 Å². The second-order valence-corrected chi connectivity index (χ2v) is 12.5. The number of allylic oxidation sites excluding steroid dienone is 2. The Hall–Kier alpha value is -1.26. The Morgan fingerprint density at radius 3 is 1.33 bits per heavy atom. The normalized spacial score (nSPS) is 12.5. The van der Waals surface area contributed by atoms with E-state index in [0.29, 0.717) is 6.42 Å². The van der Waals surface area contributed by atoms with Gasteiger partial charge >= 0.3 is 0 Å². The highest BCUT2D eigenvalue weighted by Gasteiger charge is 2.08. The third-order valence-electron chi connectivity index (χ3n) is 8.20. The van der Waals surface area contributed by atoms with Crippen molar-refractivity contribution in [3.8, 4) is 0 Å². The molecule has 5 heteroatoms. The van der Waals surface area contributed by atoms with Gasteiger partial charge in [-0.2, -0.15) is 0 Å². The number of hydrogen-bond acceptors (Lipinski definition) is 5.